The Morgan fingerprint density at radius 1 is 1.29 bits per heavy atom. The number of benzene rings is 1. The molecule has 0 spiro atoms. The van der Waals surface area contributed by atoms with Gasteiger partial charge in [0.15, 0.2) is 0 Å². The first-order valence-electron chi connectivity index (χ1n) is 7.96. The summed E-state index contributed by atoms with van der Waals surface area (Å²) in [5, 5.41) is 0. The number of aryl methyl sites for hydroxylation is 2. The van der Waals surface area contributed by atoms with Gasteiger partial charge in [-0.15, -0.1) is 0 Å². The van der Waals surface area contributed by atoms with Crippen LogP contribution in [-0.2, 0) is 16.0 Å². The summed E-state index contributed by atoms with van der Waals surface area (Å²) in [5.74, 6) is 0.238. The van der Waals surface area contributed by atoms with Gasteiger partial charge in [-0.1, -0.05) is 43.7 Å². The molecule has 0 radical (unpaired) electrons. The number of rotatable bonds is 9. The smallest absolute Gasteiger partial charge is 0.223 e. The van der Waals surface area contributed by atoms with Crippen LogP contribution in [0, 0.1) is 6.92 Å². The number of hydrogen-bond acceptors (Lipinski definition) is 2. The third kappa shape index (κ3) is 5.88. The maximum atomic E-state index is 12.5. The molecule has 0 fully saturated rings. The molecule has 0 atom stereocenters. The van der Waals surface area contributed by atoms with E-state index in [1.54, 1.807) is 7.11 Å². The first-order chi connectivity index (χ1) is 10.1. The van der Waals surface area contributed by atoms with Gasteiger partial charge in [-0.05, 0) is 31.7 Å². The van der Waals surface area contributed by atoms with Gasteiger partial charge in [0.05, 0.1) is 6.61 Å². The normalized spacial score (nSPS) is 10.9. The van der Waals surface area contributed by atoms with Gasteiger partial charge in [-0.2, -0.15) is 0 Å². The summed E-state index contributed by atoms with van der Waals surface area (Å²) >= 11 is 0. The Kier molecular flexibility index (Phi) is 8.06. The van der Waals surface area contributed by atoms with Gasteiger partial charge in [-0.25, -0.2) is 0 Å². The van der Waals surface area contributed by atoms with Crippen LogP contribution in [-0.4, -0.2) is 37.1 Å². The van der Waals surface area contributed by atoms with Crippen LogP contribution in [0.5, 0.6) is 0 Å². The molecule has 0 heterocycles. The Bertz CT molecular complexity index is 427. The molecular weight excluding hydrogens is 262 g/mol. The van der Waals surface area contributed by atoms with Gasteiger partial charge in [0.2, 0.25) is 5.91 Å². The topological polar surface area (TPSA) is 29.5 Å². The lowest BCUT2D eigenvalue weighted by molar-refractivity contribution is -0.134. The lowest BCUT2D eigenvalue weighted by Crippen LogP contribution is -2.41. The molecule has 1 aromatic carbocycles. The van der Waals surface area contributed by atoms with Gasteiger partial charge < -0.3 is 9.64 Å². The predicted molar refractivity (Wildman–Crippen MR) is 87.5 cm³/mol. The number of methoxy groups -OCH3 is 1. The van der Waals surface area contributed by atoms with Gasteiger partial charge >= 0.3 is 0 Å². The monoisotopic (exact) mass is 291 g/mol. The van der Waals surface area contributed by atoms with Gasteiger partial charge in [0, 0.05) is 26.1 Å². The Hall–Kier alpha value is -1.35. The quantitative estimate of drug-likeness (QED) is 0.696. The number of carbonyl (C=O) groups is 1. The van der Waals surface area contributed by atoms with Crippen molar-refractivity contribution in [1.29, 1.82) is 0 Å². The molecule has 0 unspecified atom stereocenters. The zero-order valence-electron chi connectivity index (χ0n) is 13.9. The molecule has 1 amide bonds. The van der Waals surface area contributed by atoms with Crippen LogP contribution in [0.2, 0.25) is 0 Å². The third-order valence-electron chi connectivity index (χ3n) is 3.95. The summed E-state index contributed by atoms with van der Waals surface area (Å²) in [7, 11) is 1.68. The molecule has 3 heteroatoms. The van der Waals surface area contributed by atoms with E-state index in [0.717, 1.165) is 19.3 Å². The van der Waals surface area contributed by atoms with Crippen molar-refractivity contribution in [2.24, 2.45) is 0 Å². The van der Waals surface area contributed by atoms with Crippen LogP contribution in [0.3, 0.4) is 0 Å². The molecule has 118 valence electrons. The van der Waals surface area contributed by atoms with Crippen LogP contribution in [0.25, 0.3) is 0 Å². The average molecular weight is 291 g/mol. The van der Waals surface area contributed by atoms with E-state index in [1.165, 1.54) is 11.1 Å². The van der Waals surface area contributed by atoms with Crippen molar-refractivity contribution in [1.82, 2.24) is 4.90 Å². The van der Waals surface area contributed by atoms with Crippen molar-refractivity contribution in [3.05, 3.63) is 35.4 Å². The fourth-order valence-electron chi connectivity index (χ4n) is 2.69. The molecule has 0 aliphatic rings. The Morgan fingerprint density at radius 2 is 2.00 bits per heavy atom. The predicted octanol–water partition coefficient (Wildman–Crippen LogP) is 3.59. The second-order valence-electron chi connectivity index (χ2n) is 5.54. The van der Waals surface area contributed by atoms with E-state index in [1.807, 2.05) is 4.90 Å². The highest BCUT2D eigenvalue weighted by Gasteiger charge is 2.20. The average Bonchev–Trinajstić information content (AvgIpc) is 2.49. The van der Waals surface area contributed by atoms with Crippen molar-refractivity contribution in [3.63, 3.8) is 0 Å². The molecule has 0 saturated carbocycles. The minimum atomic E-state index is 0.238. The second-order valence-corrected chi connectivity index (χ2v) is 5.54. The van der Waals surface area contributed by atoms with Gasteiger partial charge in [-0.3, -0.25) is 4.79 Å². The third-order valence-corrected chi connectivity index (χ3v) is 3.95. The first kappa shape index (κ1) is 17.7. The Balaban J connectivity index is 2.62. The summed E-state index contributed by atoms with van der Waals surface area (Å²) in [6.07, 6.45) is 3.38. The highest BCUT2D eigenvalue weighted by molar-refractivity contribution is 5.76. The summed E-state index contributed by atoms with van der Waals surface area (Å²) in [6.45, 7) is 7.66. The highest BCUT2D eigenvalue weighted by atomic mass is 16.5. The van der Waals surface area contributed by atoms with E-state index in [4.69, 9.17) is 4.74 Å². The maximum absolute atomic E-state index is 12.5. The van der Waals surface area contributed by atoms with Crippen LogP contribution in [0.15, 0.2) is 24.3 Å². The van der Waals surface area contributed by atoms with E-state index in [9.17, 15) is 4.79 Å². The van der Waals surface area contributed by atoms with Crippen molar-refractivity contribution in [2.75, 3.05) is 20.3 Å². The Labute approximate surface area is 129 Å². The van der Waals surface area contributed by atoms with Crippen molar-refractivity contribution in [2.45, 2.75) is 52.5 Å². The van der Waals surface area contributed by atoms with E-state index in [0.29, 0.717) is 25.6 Å². The van der Waals surface area contributed by atoms with Crippen molar-refractivity contribution in [3.8, 4) is 0 Å². The minimum absolute atomic E-state index is 0.238. The second kappa shape index (κ2) is 9.56. The number of hydrogen-bond donors (Lipinski definition) is 0. The first-order valence-corrected chi connectivity index (χ1v) is 7.96. The summed E-state index contributed by atoms with van der Waals surface area (Å²) < 4.78 is 5.15. The molecule has 1 aromatic rings. The molecule has 0 aliphatic carbocycles. The zero-order valence-corrected chi connectivity index (χ0v) is 13.9. The summed E-state index contributed by atoms with van der Waals surface area (Å²) in [6, 6.07) is 8.71. The largest absolute Gasteiger partial charge is 0.383 e. The van der Waals surface area contributed by atoms with Crippen LogP contribution >= 0.6 is 0 Å². The molecule has 1 rings (SSSR count). The lowest BCUT2D eigenvalue weighted by atomic mass is 10.1. The number of ether oxygens (including phenoxy) is 1. The van der Waals surface area contributed by atoms with Gasteiger partial charge in [0.1, 0.15) is 0 Å². The zero-order chi connectivity index (χ0) is 15.7. The molecule has 3 nitrogen and oxygen atoms in total. The van der Waals surface area contributed by atoms with E-state index in [2.05, 4.69) is 45.0 Å². The SMILES string of the molecule is CCC(CC)N(CCOC)C(=O)CCc1cccc(C)c1. The minimum Gasteiger partial charge on any atom is -0.383 e. The number of carbonyl (C=O) groups excluding carboxylic acids is 1. The van der Waals surface area contributed by atoms with E-state index in [-0.39, 0.29) is 5.91 Å². The highest BCUT2D eigenvalue weighted by Crippen LogP contribution is 2.13. The fraction of sp³-hybridized carbons (Fsp3) is 0.611. The molecule has 0 bridgehead atoms. The molecule has 0 aromatic heterocycles. The van der Waals surface area contributed by atoms with Gasteiger partial charge in [0.25, 0.3) is 0 Å². The van der Waals surface area contributed by atoms with E-state index < -0.39 is 0 Å². The van der Waals surface area contributed by atoms with Crippen LogP contribution < -0.4 is 0 Å². The maximum Gasteiger partial charge on any atom is 0.223 e. The fourth-order valence-corrected chi connectivity index (χ4v) is 2.69. The summed E-state index contributed by atoms with van der Waals surface area (Å²) in [4.78, 5) is 14.5. The standard InChI is InChI=1S/C18H29NO2/c1-5-17(6-2)19(12-13-21-4)18(20)11-10-16-9-7-8-15(3)14-16/h7-9,14,17H,5-6,10-13H2,1-4H3. The number of nitrogens with zero attached hydrogens (tertiary/aromatic N) is 1. The van der Waals surface area contributed by atoms with E-state index >= 15 is 0 Å². The van der Waals surface area contributed by atoms with Crippen molar-refractivity contribution >= 4 is 5.91 Å². The Morgan fingerprint density at radius 3 is 2.57 bits per heavy atom. The molecule has 21 heavy (non-hydrogen) atoms. The van der Waals surface area contributed by atoms with Crippen LogP contribution in [0.4, 0.5) is 0 Å². The molecule has 0 saturated heterocycles. The lowest BCUT2D eigenvalue weighted by Gasteiger charge is -2.30. The molecule has 0 N–H and O–H groups in total. The summed E-state index contributed by atoms with van der Waals surface area (Å²) in [5.41, 5.74) is 2.48. The van der Waals surface area contributed by atoms with Crippen molar-refractivity contribution < 1.29 is 9.53 Å². The van der Waals surface area contributed by atoms with Crippen LogP contribution in [0.1, 0.15) is 44.2 Å². The number of amides is 1. The molecular formula is C18H29NO2. The molecule has 0 aliphatic heterocycles.